The van der Waals surface area contributed by atoms with Gasteiger partial charge in [-0.2, -0.15) is 5.10 Å². The molecule has 4 rings (SSSR count). The molecule has 7 heteroatoms. The van der Waals surface area contributed by atoms with Crippen LogP contribution in [0.1, 0.15) is 5.56 Å². The summed E-state index contributed by atoms with van der Waals surface area (Å²) in [6.45, 7) is 2.91. The minimum atomic E-state index is 0.158. The van der Waals surface area contributed by atoms with Crippen molar-refractivity contribution in [3.8, 4) is 5.69 Å². The van der Waals surface area contributed by atoms with Crippen molar-refractivity contribution in [2.24, 2.45) is 0 Å². The molecule has 1 saturated heterocycles. The van der Waals surface area contributed by atoms with E-state index >= 15 is 0 Å². The van der Waals surface area contributed by atoms with Gasteiger partial charge < -0.3 is 9.80 Å². The third kappa shape index (κ3) is 3.56. The number of hydrogen-bond acceptors (Lipinski definition) is 5. The Hall–Kier alpha value is -3.22. The number of benzene rings is 1. The number of piperazine rings is 1. The molecule has 0 spiro atoms. The number of anilines is 1. The summed E-state index contributed by atoms with van der Waals surface area (Å²) < 4.78 is 1.80. The summed E-state index contributed by atoms with van der Waals surface area (Å²) in [7, 11) is 0. The molecule has 0 unspecified atom stereocenters. The summed E-state index contributed by atoms with van der Waals surface area (Å²) >= 11 is 0. The standard InChI is InChI=1S/C19H20N6O/c26-18(15-16-3-5-17(6-4-16)25-10-2-9-22-25)23-11-13-24(14-12-23)19-20-7-1-8-21-19/h1-10H,11-15H2. The average Bonchev–Trinajstić information content (AvgIpc) is 3.24. The van der Waals surface area contributed by atoms with Gasteiger partial charge in [0.15, 0.2) is 0 Å². The fourth-order valence-electron chi connectivity index (χ4n) is 3.08. The third-order valence-electron chi connectivity index (χ3n) is 4.53. The Kier molecular flexibility index (Phi) is 4.59. The molecular formula is C19H20N6O. The van der Waals surface area contributed by atoms with E-state index in [0.717, 1.165) is 30.3 Å². The first-order valence-corrected chi connectivity index (χ1v) is 8.68. The molecule has 132 valence electrons. The smallest absolute Gasteiger partial charge is 0.227 e. The van der Waals surface area contributed by atoms with E-state index in [-0.39, 0.29) is 5.91 Å². The summed E-state index contributed by atoms with van der Waals surface area (Å²) in [6.07, 6.45) is 7.55. The first kappa shape index (κ1) is 16.3. The number of nitrogens with zero attached hydrogens (tertiary/aromatic N) is 6. The molecule has 1 amide bonds. The molecule has 0 atom stereocenters. The van der Waals surface area contributed by atoms with Crippen LogP contribution in [0.15, 0.2) is 61.2 Å². The number of carbonyl (C=O) groups excluding carboxylic acids is 1. The molecule has 2 aromatic heterocycles. The maximum Gasteiger partial charge on any atom is 0.227 e. The molecule has 26 heavy (non-hydrogen) atoms. The maximum absolute atomic E-state index is 12.6. The van der Waals surface area contributed by atoms with Crippen LogP contribution in [0.3, 0.4) is 0 Å². The lowest BCUT2D eigenvalue weighted by atomic mass is 10.1. The highest BCUT2D eigenvalue weighted by atomic mass is 16.2. The lowest BCUT2D eigenvalue weighted by Crippen LogP contribution is -2.49. The Bertz CT molecular complexity index is 840. The predicted octanol–water partition coefficient (Wildman–Crippen LogP) is 1.55. The second-order valence-corrected chi connectivity index (χ2v) is 6.21. The molecule has 0 saturated carbocycles. The average molecular weight is 348 g/mol. The Balaban J connectivity index is 1.33. The van der Waals surface area contributed by atoms with Gasteiger partial charge in [0, 0.05) is 51.0 Å². The van der Waals surface area contributed by atoms with Crippen molar-refractivity contribution in [2.45, 2.75) is 6.42 Å². The summed E-state index contributed by atoms with van der Waals surface area (Å²) in [5.74, 6) is 0.888. The fourth-order valence-corrected chi connectivity index (χ4v) is 3.08. The van der Waals surface area contributed by atoms with Crippen LogP contribution in [0.4, 0.5) is 5.95 Å². The fraction of sp³-hybridized carbons (Fsp3) is 0.263. The summed E-state index contributed by atoms with van der Waals surface area (Å²) in [5, 5.41) is 4.21. The van der Waals surface area contributed by atoms with Crippen molar-refractivity contribution in [1.82, 2.24) is 24.6 Å². The molecular weight excluding hydrogens is 328 g/mol. The van der Waals surface area contributed by atoms with E-state index in [2.05, 4.69) is 20.0 Å². The second kappa shape index (κ2) is 7.35. The van der Waals surface area contributed by atoms with Crippen LogP contribution >= 0.6 is 0 Å². The molecule has 3 aromatic rings. The van der Waals surface area contributed by atoms with Crippen LogP contribution in [0.5, 0.6) is 0 Å². The monoisotopic (exact) mass is 348 g/mol. The quantitative estimate of drug-likeness (QED) is 0.716. The lowest BCUT2D eigenvalue weighted by Gasteiger charge is -2.34. The number of amides is 1. The van der Waals surface area contributed by atoms with Gasteiger partial charge in [-0.15, -0.1) is 0 Å². The summed E-state index contributed by atoms with van der Waals surface area (Å²) in [5.41, 5.74) is 2.00. The van der Waals surface area contributed by atoms with Gasteiger partial charge in [-0.3, -0.25) is 4.79 Å². The minimum absolute atomic E-state index is 0.158. The number of hydrogen-bond donors (Lipinski definition) is 0. The van der Waals surface area contributed by atoms with Crippen molar-refractivity contribution in [2.75, 3.05) is 31.1 Å². The molecule has 1 fully saturated rings. The van der Waals surface area contributed by atoms with Gasteiger partial charge in [-0.05, 0) is 29.8 Å². The van der Waals surface area contributed by atoms with E-state index in [0.29, 0.717) is 19.5 Å². The van der Waals surface area contributed by atoms with Gasteiger partial charge >= 0.3 is 0 Å². The highest BCUT2D eigenvalue weighted by molar-refractivity contribution is 5.79. The Morgan fingerprint density at radius 2 is 1.65 bits per heavy atom. The number of rotatable bonds is 4. The van der Waals surface area contributed by atoms with Crippen LogP contribution in [0.2, 0.25) is 0 Å². The summed E-state index contributed by atoms with van der Waals surface area (Å²) in [4.78, 5) is 25.2. The SMILES string of the molecule is O=C(Cc1ccc(-n2cccn2)cc1)N1CCN(c2ncccn2)CC1. The van der Waals surface area contributed by atoms with Crippen molar-refractivity contribution < 1.29 is 4.79 Å². The molecule has 1 aromatic carbocycles. The molecule has 7 nitrogen and oxygen atoms in total. The van der Waals surface area contributed by atoms with E-state index < -0.39 is 0 Å². The van der Waals surface area contributed by atoms with Gasteiger partial charge in [-0.1, -0.05) is 12.1 Å². The van der Waals surface area contributed by atoms with E-state index in [1.54, 1.807) is 29.3 Å². The van der Waals surface area contributed by atoms with Crippen LogP contribution in [0.25, 0.3) is 5.69 Å². The van der Waals surface area contributed by atoms with E-state index in [4.69, 9.17) is 0 Å². The van der Waals surface area contributed by atoms with E-state index in [1.165, 1.54) is 0 Å². The van der Waals surface area contributed by atoms with Crippen LogP contribution < -0.4 is 4.90 Å². The zero-order valence-electron chi connectivity index (χ0n) is 14.4. The molecule has 0 bridgehead atoms. The van der Waals surface area contributed by atoms with Crippen LogP contribution in [0, 0.1) is 0 Å². The van der Waals surface area contributed by atoms with Gasteiger partial charge in [0.1, 0.15) is 0 Å². The van der Waals surface area contributed by atoms with Gasteiger partial charge in [0.05, 0.1) is 12.1 Å². The lowest BCUT2D eigenvalue weighted by molar-refractivity contribution is -0.130. The van der Waals surface area contributed by atoms with Gasteiger partial charge in [0.25, 0.3) is 0 Å². The minimum Gasteiger partial charge on any atom is -0.339 e. The zero-order valence-corrected chi connectivity index (χ0v) is 14.4. The predicted molar refractivity (Wildman–Crippen MR) is 98.1 cm³/mol. The highest BCUT2D eigenvalue weighted by Gasteiger charge is 2.22. The van der Waals surface area contributed by atoms with Crippen molar-refractivity contribution >= 4 is 11.9 Å². The Labute approximate surface area is 151 Å². The van der Waals surface area contributed by atoms with Crippen molar-refractivity contribution in [3.63, 3.8) is 0 Å². The first-order valence-electron chi connectivity index (χ1n) is 8.68. The molecule has 1 aliphatic heterocycles. The molecule has 0 radical (unpaired) electrons. The number of aromatic nitrogens is 4. The zero-order chi connectivity index (χ0) is 17.8. The maximum atomic E-state index is 12.6. The van der Waals surface area contributed by atoms with Crippen molar-refractivity contribution in [3.05, 3.63) is 66.7 Å². The molecule has 1 aliphatic rings. The van der Waals surface area contributed by atoms with E-state index in [9.17, 15) is 4.79 Å². The van der Waals surface area contributed by atoms with Crippen LogP contribution in [-0.4, -0.2) is 56.7 Å². The summed E-state index contributed by atoms with van der Waals surface area (Å²) in [6, 6.07) is 11.6. The van der Waals surface area contributed by atoms with Crippen LogP contribution in [-0.2, 0) is 11.2 Å². The van der Waals surface area contributed by atoms with E-state index in [1.807, 2.05) is 41.4 Å². The normalized spacial score (nSPS) is 14.5. The Morgan fingerprint density at radius 3 is 2.31 bits per heavy atom. The molecule has 0 N–H and O–H groups in total. The Morgan fingerprint density at radius 1 is 0.923 bits per heavy atom. The van der Waals surface area contributed by atoms with Crippen molar-refractivity contribution in [1.29, 1.82) is 0 Å². The molecule has 3 heterocycles. The highest BCUT2D eigenvalue weighted by Crippen LogP contribution is 2.13. The molecule has 0 aliphatic carbocycles. The number of carbonyl (C=O) groups is 1. The second-order valence-electron chi connectivity index (χ2n) is 6.21. The third-order valence-corrected chi connectivity index (χ3v) is 4.53. The van der Waals surface area contributed by atoms with Gasteiger partial charge in [0.2, 0.25) is 11.9 Å². The van der Waals surface area contributed by atoms with Gasteiger partial charge in [-0.25, -0.2) is 14.6 Å². The largest absolute Gasteiger partial charge is 0.339 e. The first-order chi connectivity index (χ1) is 12.8. The topological polar surface area (TPSA) is 67.2 Å².